The fraction of sp³-hybridized carbons (Fsp3) is 0.500. The van der Waals surface area contributed by atoms with Crippen molar-refractivity contribution < 1.29 is 9.90 Å². The van der Waals surface area contributed by atoms with Crippen molar-refractivity contribution in [3.63, 3.8) is 0 Å². The normalized spacial score (nSPS) is 13.5. The predicted octanol–water partition coefficient (Wildman–Crippen LogP) is 1.69. The van der Waals surface area contributed by atoms with Crippen LogP contribution in [-0.4, -0.2) is 37.9 Å². The van der Waals surface area contributed by atoms with E-state index in [1.165, 1.54) is 23.1 Å². The molecule has 3 rings (SSSR count). The Labute approximate surface area is 153 Å². The van der Waals surface area contributed by atoms with Crippen LogP contribution in [0.1, 0.15) is 30.5 Å². The average molecular weight is 380 g/mol. The van der Waals surface area contributed by atoms with E-state index in [9.17, 15) is 9.59 Å². The monoisotopic (exact) mass is 380 g/mol. The third-order valence-corrected chi connectivity index (χ3v) is 5.72. The SMILES string of the molecule is O=C(CSc1nc(=O)n(CCCO)c2c1CCCC2)Nc1nccs1. The highest BCUT2D eigenvalue weighted by atomic mass is 32.2. The van der Waals surface area contributed by atoms with Gasteiger partial charge in [-0.25, -0.2) is 9.78 Å². The van der Waals surface area contributed by atoms with E-state index >= 15 is 0 Å². The van der Waals surface area contributed by atoms with Crippen LogP contribution in [0.4, 0.5) is 5.13 Å². The van der Waals surface area contributed by atoms with Crippen molar-refractivity contribution in [3.8, 4) is 0 Å². The molecule has 2 aromatic rings. The Morgan fingerprint density at radius 3 is 3.00 bits per heavy atom. The summed E-state index contributed by atoms with van der Waals surface area (Å²) in [5.41, 5.74) is 1.80. The summed E-state index contributed by atoms with van der Waals surface area (Å²) in [6.07, 6.45) is 6.00. The molecule has 9 heteroatoms. The first-order chi connectivity index (χ1) is 12.2. The van der Waals surface area contributed by atoms with E-state index < -0.39 is 0 Å². The molecule has 0 saturated carbocycles. The number of nitrogens with zero attached hydrogens (tertiary/aromatic N) is 3. The third kappa shape index (κ3) is 4.47. The summed E-state index contributed by atoms with van der Waals surface area (Å²) in [7, 11) is 0. The molecule has 0 fully saturated rings. The number of fused-ring (bicyclic) bond motifs is 1. The number of thiazole rings is 1. The second-order valence-corrected chi connectivity index (χ2v) is 7.59. The summed E-state index contributed by atoms with van der Waals surface area (Å²) in [5, 5.41) is 14.8. The van der Waals surface area contributed by atoms with Crippen molar-refractivity contribution in [2.45, 2.75) is 43.7 Å². The van der Waals surface area contributed by atoms with Gasteiger partial charge in [-0.05, 0) is 32.1 Å². The molecule has 0 atom stereocenters. The van der Waals surface area contributed by atoms with E-state index in [2.05, 4.69) is 15.3 Å². The van der Waals surface area contributed by atoms with Gasteiger partial charge in [-0.2, -0.15) is 4.98 Å². The number of nitrogens with one attached hydrogen (secondary N) is 1. The van der Waals surface area contributed by atoms with Gasteiger partial charge >= 0.3 is 5.69 Å². The number of amides is 1. The molecule has 25 heavy (non-hydrogen) atoms. The fourth-order valence-electron chi connectivity index (χ4n) is 2.90. The van der Waals surface area contributed by atoms with E-state index in [0.29, 0.717) is 23.1 Å². The minimum atomic E-state index is -0.295. The number of aliphatic hydroxyl groups excluding tert-OH is 1. The van der Waals surface area contributed by atoms with Gasteiger partial charge in [0.15, 0.2) is 5.13 Å². The molecule has 2 heterocycles. The summed E-state index contributed by atoms with van der Waals surface area (Å²) in [5.74, 6) is 0.0369. The molecular weight excluding hydrogens is 360 g/mol. The Balaban J connectivity index is 1.76. The lowest BCUT2D eigenvalue weighted by molar-refractivity contribution is -0.113. The van der Waals surface area contributed by atoms with Crippen LogP contribution in [0.3, 0.4) is 0 Å². The topological polar surface area (TPSA) is 97.1 Å². The number of thioether (sulfide) groups is 1. The van der Waals surface area contributed by atoms with Crippen molar-refractivity contribution in [1.29, 1.82) is 0 Å². The van der Waals surface area contributed by atoms with Crippen molar-refractivity contribution in [2.75, 3.05) is 17.7 Å². The average Bonchev–Trinajstić information content (AvgIpc) is 3.12. The smallest absolute Gasteiger partial charge is 0.348 e. The van der Waals surface area contributed by atoms with Gasteiger partial charge in [0.05, 0.1) is 5.75 Å². The first-order valence-electron chi connectivity index (χ1n) is 8.24. The van der Waals surface area contributed by atoms with E-state index in [1.807, 2.05) is 0 Å². The molecule has 0 radical (unpaired) electrons. The van der Waals surface area contributed by atoms with Crippen molar-refractivity contribution in [2.24, 2.45) is 0 Å². The molecule has 0 unspecified atom stereocenters. The molecule has 134 valence electrons. The number of carbonyl (C=O) groups is 1. The number of hydrogen-bond donors (Lipinski definition) is 2. The van der Waals surface area contributed by atoms with Crippen molar-refractivity contribution in [1.82, 2.24) is 14.5 Å². The van der Waals surface area contributed by atoms with E-state index in [4.69, 9.17) is 5.11 Å². The van der Waals surface area contributed by atoms with E-state index in [0.717, 1.165) is 36.9 Å². The summed E-state index contributed by atoms with van der Waals surface area (Å²) in [4.78, 5) is 32.6. The predicted molar refractivity (Wildman–Crippen MR) is 98.3 cm³/mol. The maximum Gasteiger partial charge on any atom is 0.348 e. The van der Waals surface area contributed by atoms with E-state index in [-0.39, 0.29) is 24.0 Å². The number of hydrogen-bond acceptors (Lipinski definition) is 7. The summed E-state index contributed by atoms with van der Waals surface area (Å²) < 4.78 is 1.68. The Morgan fingerprint density at radius 1 is 1.40 bits per heavy atom. The Hall–Kier alpha value is -1.71. The molecule has 0 aromatic carbocycles. The van der Waals surface area contributed by atoms with Crippen LogP contribution in [-0.2, 0) is 24.2 Å². The lowest BCUT2D eigenvalue weighted by Gasteiger charge is -2.22. The maximum atomic E-state index is 12.4. The second kappa shape index (κ2) is 8.59. The number of carbonyl (C=O) groups excluding carboxylic acids is 1. The van der Waals surface area contributed by atoms with Gasteiger partial charge in [-0.1, -0.05) is 11.8 Å². The zero-order chi connectivity index (χ0) is 17.6. The maximum absolute atomic E-state index is 12.4. The Bertz CT molecular complexity index is 789. The first-order valence-corrected chi connectivity index (χ1v) is 10.1. The molecule has 1 aliphatic carbocycles. The van der Waals surface area contributed by atoms with Crippen molar-refractivity contribution in [3.05, 3.63) is 33.3 Å². The summed E-state index contributed by atoms with van der Waals surface area (Å²) in [6.45, 7) is 0.536. The zero-order valence-electron chi connectivity index (χ0n) is 13.7. The molecule has 0 saturated heterocycles. The second-order valence-electron chi connectivity index (χ2n) is 5.73. The minimum absolute atomic E-state index is 0.0502. The zero-order valence-corrected chi connectivity index (χ0v) is 15.4. The third-order valence-electron chi connectivity index (χ3n) is 4.01. The van der Waals surface area contributed by atoms with Crippen LogP contribution >= 0.6 is 23.1 Å². The summed E-state index contributed by atoms with van der Waals surface area (Å²) in [6, 6.07) is 0. The van der Waals surface area contributed by atoms with Gasteiger partial charge in [0, 0.05) is 36.0 Å². The molecule has 2 aromatic heterocycles. The number of aromatic nitrogens is 3. The molecule has 7 nitrogen and oxygen atoms in total. The minimum Gasteiger partial charge on any atom is -0.396 e. The largest absolute Gasteiger partial charge is 0.396 e. The van der Waals surface area contributed by atoms with Crippen LogP contribution in [0.2, 0.25) is 0 Å². The van der Waals surface area contributed by atoms with Crippen LogP contribution in [0.25, 0.3) is 0 Å². The lowest BCUT2D eigenvalue weighted by Crippen LogP contribution is -2.30. The van der Waals surface area contributed by atoms with Crippen LogP contribution < -0.4 is 11.0 Å². The van der Waals surface area contributed by atoms with Crippen LogP contribution in [0.5, 0.6) is 0 Å². The van der Waals surface area contributed by atoms with Gasteiger partial charge in [0.2, 0.25) is 5.91 Å². The van der Waals surface area contributed by atoms with Gasteiger partial charge in [-0.3, -0.25) is 9.36 Å². The van der Waals surface area contributed by atoms with Gasteiger partial charge in [0.1, 0.15) is 5.03 Å². The quantitative estimate of drug-likeness (QED) is 0.560. The number of aliphatic hydroxyl groups is 1. The highest BCUT2D eigenvalue weighted by Gasteiger charge is 2.21. The lowest BCUT2D eigenvalue weighted by atomic mass is 9.97. The van der Waals surface area contributed by atoms with E-state index in [1.54, 1.807) is 16.1 Å². The number of anilines is 1. The highest BCUT2D eigenvalue weighted by Crippen LogP contribution is 2.28. The molecule has 0 bridgehead atoms. The first kappa shape index (κ1) is 18.1. The van der Waals surface area contributed by atoms with Crippen LogP contribution in [0, 0.1) is 0 Å². The van der Waals surface area contributed by atoms with Crippen molar-refractivity contribution >= 4 is 34.1 Å². The summed E-state index contributed by atoms with van der Waals surface area (Å²) >= 11 is 2.67. The molecular formula is C16H20N4O3S2. The molecule has 0 spiro atoms. The number of rotatable bonds is 7. The molecule has 2 N–H and O–H groups in total. The Kier molecular flexibility index (Phi) is 6.22. The fourth-order valence-corrected chi connectivity index (χ4v) is 4.32. The van der Waals surface area contributed by atoms with Gasteiger partial charge in [0.25, 0.3) is 0 Å². The standard InChI is InChI=1S/C16H20N4O3S2/c21-8-3-7-20-12-5-2-1-4-11(12)14(19-16(20)23)25-10-13(22)18-15-17-6-9-24-15/h6,9,21H,1-5,7-8,10H2,(H,17,18,22). The van der Waals surface area contributed by atoms with Crippen LogP contribution in [0.15, 0.2) is 21.4 Å². The highest BCUT2D eigenvalue weighted by molar-refractivity contribution is 8.00. The molecule has 1 amide bonds. The van der Waals surface area contributed by atoms with Gasteiger partial charge in [-0.15, -0.1) is 11.3 Å². The molecule has 1 aliphatic rings. The Morgan fingerprint density at radius 2 is 2.24 bits per heavy atom. The van der Waals surface area contributed by atoms with Gasteiger partial charge < -0.3 is 10.4 Å². The molecule has 0 aliphatic heterocycles.